The van der Waals surface area contributed by atoms with Crippen LogP contribution in [0.25, 0.3) is 0 Å². The van der Waals surface area contributed by atoms with E-state index in [4.69, 9.17) is 9.47 Å². The monoisotopic (exact) mass is 348 g/mol. The third-order valence-electron chi connectivity index (χ3n) is 4.82. The van der Waals surface area contributed by atoms with Crippen molar-refractivity contribution >= 4 is 27.7 Å². The maximum absolute atomic E-state index is 12.4. The molecule has 0 amide bonds. The van der Waals surface area contributed by atoms with Crippen molar-refractivity contribution in [3.63, 3.8) is 0 Å². The van der Waals surface area contributed by atoms with Gasteiger partial charge in [-0.1, -0.05) is 15.9 Å². The molecule has 0 aromatic heterocycles. The fourth-order valence-electron chi connectivity index (χ4n) is 3.57. The molecule has 0 N–H and O–H groups in total. The van der Waals surface area contributed by atoms with Crippen molar-refractivity contribution in [3.05, 3.63) is 0 Å². The van der Waals surface area contributed by atoms with Crippen LogP contribution in [0.1, 0.15) is 20.3 Å². The number of alkyl halides is 1. The molecule has 20 heavy (non-hydrogen) atoms. The highest BCUT2D eigenvalue weighted by atomic mass is 79.9. The Labute approximate surface area is 128 Å². The van der Waals surface area contributed by atoms with Gasteiger partial charge >= 0.3 is 5.97 Å². The summed E-state index contributed by atoms with van der Waals surface area (Å²) in [6.45, 7) is 7.29. The predicted octanol–water partition coefficient (Wildman–Crippen LogP) is 1.14. The van der Waals surface area contributed by atoms with Gasteiger partial charge in [-0.05, 0) is 13.8 Å². The number of halogens is 1. The van der Waals surface area contributed by atoms with Gasteiger partial charge in [0.05, 0.1) is 25.2 Å². The van der Waals surface area contributed by atoms with E-state index in [1.54, 1.807) is 6.92 Å². The van der Waals surface area contributed by atoms with Crippen LogP contribution in [0.2, 0.25) is 0 Å². The van der Waals surface area contributed by atoms with E-state index < -0.39 is 5.41 Å². The van der Waals surface area contributed by atoms with Crippen molar-refractivity contribution in [1.29, 1.82) is 0 Å². The first-order valence-electron chi connectivity index (χ1n) is 7.18. The van der Waals surface area contributed by atoms with Crippen molar-refractivity contribution in [2.24, 2.45) is 5.41 Å². The molecule has 2 heterocycles. The van der Waals surface area contributed by atoms with Crippen LogP contribution in [-0.2, 0) is 19.1 Å². The van der Waals surface area contributed by atoms with Crippen LogP contribution in [0.5, 0.6) is 0 Å². The van der Waals surface area contributed by atoms with Gasteiger partial charge in [0.2, 0.25) is 0 Å². The summed E-state index contributed by atoms with van der Waals surface area (Å²) in [5.74, 6) is -0.414. The summed E-state index contributed by atoms with van der Waals surface area (Å²) in [5, 5.41) is 0.793. The van der Waals surface area contributed by atoms with E-state index in [9.17, 15) is 9.59 Å². The highest BCUT2D eigenvalue weighted by Gasteiger charge is 2.62. The smallest absolute Gasteiger partial charge is 0.325 e. The van der Waals surface area contributed by atoms with Crippen LogP contribution in [0.3, 0.4) is 0 Å². The van der Waals surface area contributed by atoms with E-state index in [1.165, 1.54) is 6.92 Å². The second kappa shape index (κ2) is 6.12. The lowest BCUT2D eigenvalue weighted by Crippen LogP contribution is -2.59. The molecule has 2 saturated heterocycles. The maximum atomic E-state index is 12.4. The summed E-state index contributed by atoms with van der Waals surface area (Å²) in [7, 11) is 0. The number of esters is 1. The van der Waals surface area contributed by atoms with Crippen LogP contribution in [0.15, 0.2) is 0 Å². The van der Waals surface area contributed by atoms with Crippen LogP contribution < -0.4 is 0 Å². The number of carbonyl (C=O) groups is 2. The molecule has 5 nitrogen and oxygen atoms in total. The summed E-state index contributed by atoms with van der Waals surface area (Å²) in [5.41, 5.74) is -0.966. The van der Waals surface area contributed by atoms with Gasteiger partial charge in [0.25, 0.3) is 0 Å². The van der Waals surface area contributed by atoms with Gasteiger partial charge in [-0.2, -0.15) is 0 Å². The van der Waals surface area contributed by atoms with E-state index in [-0.39, 0.29) is 17.8 Å². The lowest BCUT2D eigenvalue weighted by atomic mass is 9.82. The second-order valence-corrected chi connectivity index (χ2v) is 6.45. The minimum absolute atomic E-state index is 0.0663. The molecule has 0 aromatic carbocycles. The number of Topliss-reactive ketones (excluding diaryl/α,β-unsaturated/α-hetero) is 1. The Kier molecular flexibility index (Phi) is 4.87. The van der Waals surface area contributed by atoms with E-state index in [0.29, 0.717) is 32.8 Å². The summed E-state index contributed by atoms with van der Waals surface area (Å²) in [4.78, 5) is 24.6. The number of quaternary nitrogens is 1. The van der Waals surface area contributed by atoms with E-state index in [1.807, 2.05) is 0 Å². The van der Waals surface area contributed by atoms with Gasteiger partial charge < -0.3 is 14.0 Å². The largest absolute Gasteiger partial charge is 0.465 e. The highest BCUT2D eigenvalue weighted by Crippen LogP contribution is 2.43. The number of rotatable bonds is 4. The third-order valence-corrected chi connectivity index (χ3v) is 5.57. The molecule has 2 unspecified atom stereocenters. The molecule has 2 aliphatic rings. The maximum Gasteiger partial charge on any atom is 0.325 e. The lowest BCUT2D eigenvalue weighted by Gasteiger charge is -2.42. The molecule has 0 aliphatic carbocycles. The molecule has 0 radical (unpaired) electrons. The zero-order valence-electron chi connectivity index (χ0n) is 12.2. The topological polar surface area (TPSA) is 52.6 Å². The molecular weight excluding hydrogens is 326 g/mol. The first-order valence-corrected chi connectivity index (χ1v) is 8.30. The Bertz CT molecular complexity index is 395. The standard InChI is InChI=1S/C14H23BrNO4/c1-3-20-13(18)14(11(2)17)8-12(9-15)16(10-14)4-6-19-7-5-16/h12H,3-10H2,1-2H3/q+1. The summed E-state index contributed by atoms with van der Waals surface area (Å²) in [6.07, 6.45) is 0.576. The zero-order chi connectivity index (χ0) is 14.8. The minimum Gasteiger partial charge on any atom is -0.465 e. The van der Waals surface area contributed by atoms with Gasteiger partial charge in [-0.3, -0.25) is 9.59 Å². The van der Waals surface area contributed by atoms with Crippen LogP contribution in [0, 0.1) is 5.41 Å². The first kappa shape index (κ1) is 15.9. The molecular formula is C14H23BrNO4+. The molecule has 0 saturated carbocycles. The average molecular weight is 349 g/mol. The zero-order valence-corrected chi connectivity index (χ0v) is 13.8. The minimum atomic E-state index is -0.966. The predicted molar refractivity (Wildman–Crippen MR) is 77.6 cm³/mol. The van der Waals surface area contributed by atoms with Gasteiger partial charge in [-0.25, -0.2) is 0 Å². The van der Waals surface area contributed by atoms with Gasteiger partial charge in [0.15, 0.2) is 11.2 Å². The third kappa shape index (κ3) is 2.53. The van der Waals surface area contributed by atoms with Crippen molar-refractivity contribution in [2.45, 2.75) is 26.3 Å². The Hall–Kier alpha value is -0.460. The Morgan fingerprint density at radius 2 is 2.05 bits per heavy atom. The van der Waals surface area contributed by atoms with E-state index >= 15 is 0 Å². The molecule has 0 aromatic rings. The number of carbonyl (C=O) groups excluding carboxylic acids is 2. The molecule has 0 bridgehead atoms. The molecule has 1 spiro atoms. The van der Waals surface area contributed by atoms with Gasteiger partial charge in [0, 0.05) is 6.42 Å². The number of nitrogens with zero attached hydrogens (tertiary/aromatic N) is 1. The van der Waals surface area contributed by atoms with Gasteiger partial charge in [-0.15, -0.1) is 0 Å². The van der Waals surface area contributed by atoms with Crippen molar-refractivity contribution in [1.82, 2.24) is 0 Å². The van der Waals surface area contributed by atoms with E-state index in [0.717, 1.165) is 22.9 Å². The van der Waals surface area contributed by atoms with E-state index in [2.05, 4.69) is 15.9 Å². The second-order valence-electron chi connectivity index (χ2n) is 5.81. The lowest BCUT2D eigenvalue weighted by molar-refractivity contribution is -0.944. The normalized spacial score (nSPS) is 32.2. The molecule has 2 rings (SSSR count). The number of hydrogen-bond acceptors (Lipinski definition) is 4. The Morgan fingerprint density at radius 1 is 1.40 bits per heavy atom. The van der Waals surface area contributed by atoms with Crippen molar-refractivity contribution in [3.8, 4) is 0 Å². The summed E-state index contributed by atoms with van der Waals surface area (Å²) in [6, 6.07) is 0.271. The highest BCUT2D eigenvalue weighted by molar-refractivity contribution is 9.09. The number of ketones is 1. The van der Waals surface area contributed by atoms with Crippen LogP contribution in [0.4, 0.5) is 0 Å². The quantitative estimate of drug-likeness (QED) is 0.331. The number of hydrogen-bond donors (Lipinski definition) is 0. The molecule has 2 atom stereocenters. The van der Waals surface area contributed by atoms with Crippen molar-refractivity contribution < 1.29 is 23.5 Å². The fraction of sp³-hybridized carbons (Fsp3) is 0.857. The molecule has 2 fully saturated rings. The summed E-state index contributed by atoms with van der Waals surface area (Å²) >= 11 is 3.56. The Morgan fingerprint density at radius 3 is 2.55 bits per heavy atom. The molecule has 2 aliphatic heterocycles. The fourth-order valence-corrected chi connectivity index (χ4v) is 4.42. The van der Waals surface area contributed by atoms with Crippen LogP contribution >= 0.6 is 15.9 Å². The first-order chi connectivity index (χ1) is 9.50. The SMILES string of the molecule is CCOC(=O)C1(C(C)=O)CC(CBr)[N+]2(CCOCC2)C1. The Balaban J connectivity index is 2.31. The van der Waals surface area contributed by atoms with Crippen LogP contribution in [-0.4, -0.2) is 67.1 Å². The number of morpholine rings is 1. The average Bonchev–Trinajstić information content (AvgIpc) is 2.75. The van der Waals surface area contributed by atoms with Gasteiger partial charge in [0.1, 0.15) is 25.7 Å². The van der Waals surface area contributed by atoms with Crippen molar-refractivity contribution in [2.75, 3.05) is 44.8 Å². The molecule has 114 valence electrons. The molecule has 6 heteroatoms. The number of ether oxygens (including phenoxy) is 2. The summed E-state index contributed by atoms with van der Waals surface area (Å²) < 4.78 is 11.4.